The van der Waals surface area contributed by atoms with Gasteiger partial charge in [-0.05, 0) is 56.1 Å². The van der Waals surface area contributed by atoms with E-state index >= 15 is 0 Å². The van der Waals surface area contributed by atoms with Gasteiger partial charge in [-0.2, -0.15) is 9.97 Å². The van der Waals surface area contributed by atoms with Gasteiger partial charge in [-0.25, -0.2) is 4.98 Å². The van der Waals surface area contributed by atoms with E-state index in [0.29, 0.717) is 17.6 Å². The molecule has 0 unspecified atom stereocenters. The zero-order valence-electron chi connectivity index (χ0n) is 33.4. The van der Waals surface area contributed by atoms with Gasteiger partial charge in [0.1, 0.15) is 0 Å². The summed E-state index contributed by atoms with van der Waals surface area (Å²) in [5, 5.41) is 12.1. The van der Waals surface area contributed by atoms with E-state index in [0.717, 1.165) is 60.6 Å². The predicted molar refractivity (Wildman–Crippen MR) is 257 cm³/mol. The maximum absolute atomic E-state index is 5.32. The number of hydrogen-bond donors (Lipinski definition) is 0. The molecule has 0 bridgehead atoms. The number of benzene rings is 10. The summed E-state index contributed by atoms with van der Waals surface area (Å²) in [5.74, 6) is 1.80. The van der Waals surface area contributed by atoms with Crippen LogP contribution in [0.5, 0.6) is 0 Å². The molecular formula is C57H35N5. The molecule has 0 aliphatic carbocycles. The van der Waals surface area contributed by atoms with E-state index in [2.05, 4.69) is 185 Å². The van der Waals surface area contributed by atoms with E-state index in [1.54, 1.807) is 0 Å². The summed E-state index contributed by atoms with van der Waals surface area (Å²) in [7, 11) is 0. The van der Waals surface area contributed by atoms with E-state index < -0.39 is 0 Å². The van der Waals surface area contributed by atoms with Crippen molar-refractivity contribution in [3.8, 4) is 45.5 Å². The second-order valence-corrected chi connectivity index (χ2v) is 15.9. The van der Waals surface area contributed by atoms with Crippen LogP contribution in [-0.4, -0.2) is 24.1 Å². The highest BCUT2D eigenvalue weighted by Gasteiger charge is 2.25. The average Bonchev–Trinajstić information content (AvgIpc) is 3.87. The molecule has 5 nitrogen and oxygen atoms in total. The molecule has 0 N–H and O–H groups in total. The minimum Gasteiger partial charge on any atom is -0.307 e. The Morgan fingerprint density at radius 1 is 0.274 bits per heavy atom. The first-order chi connectivity index (χ1) is 30.8. The van der Waals surface area contributed by atoms with Gasteiger partial charge in [-0.3, -0.25) is 4.57 Å². The minimum atomic E-state index is 0.564. The van der Waals surface area contributed by atoms with Crippen LogP contribution in [0.25, 0.3) is 121 Å². The Balaban J connectivity index is 1.18. The molecular weight excluding hydrogens is 755 g/mol. The Bertz CT molecular complexity index is 3820. The van der Waals surface area contributed by atoms with Crippen molar-refractivity contribution in [2.24, 2.45) is 0 Å². The molecule has 0 spiro atoms. The van der Waals surface area contributed by atoms with E-state index in [-0.39, 0.29) is 0 Å². The largest absolute Gasteiger partial charge is 0.307 e. The minimum absolute atomic E-state index is 0.564. The topological polar surface area (TPSA) is 48.5 Å². The predicted octanol–water partition coefficient (Wildman–Crippen LogP) is 14.5. The van der Waals surface area contributed by atoms with Crippen molar-refractivity contribution in [3.05, 3.63) is 212 Å². The molecule has 5 heteroatoms. The van der Waals surface area contributed by atoms with E-state index in [4.69, 9.17) is 15.0 Å². The average molecular weight is 790 g/mol. The summed E-state index contributed by atoms with van der Waals surface area (Å²) in [6.45, 7) is 0. The quantitative estimate of drug-likeness (QED) is 0.163. The van der Waals surface area contributed by atoms with Crippen molar-refractivity contribution in [2.75, 3.05) is 0 Å². The SMILES string of the molecule is c1ccc(-c2nc(-c3ccccc3)nc(-n3c4ccccc4c4ccc5c6ccccc6n(-c6ccccc6-c6cccc7c8ccccc8c8ccccc8c67)c5c43)n2)cc1. The van der Waals surface area contributed by atoms with Gasteiger partial charge < -0.3 is 4.57 Å². The highest BCUT2D eigenvalue weighted by molar-refractivity contribution is 6.29. The zero-order valence-corrected chi connectivity index (χ0v) is 33.4. The standard InChI is InChI=1S/C57H35N5/c1-3-18-36(19-4-1)55-58-56(37-20-5-2-6-21-37)60-57(59-55)62-51-33-16-13-27-43(51)48-35-34-47-42-26-12-15-32-50(42)61(53(47)54(48)62)49-31-14-11-25-41(49)46-30-17-29-45-40-23-8-7-22-38(40)39-24-9-10-28-44(39)52(45)46/h1-35H. The van der Waals surface area contributed by atoms with Crippen LogP contribution < -0.4 is 0 Å². The first kappa shape index (κ1) is 34.5. The first-order valence-corrected chi connectivity index (χ1v) is 21.0. The lowest BCUT2D eigenvalue weighted by Gasteiger charge is -2.18. The van der Waals surface area contributed by atoms with Gasteiger partial charge in [0.25, 0.3) is 0 Å². The third-order valence-corrected chi connectivity index (χ3v) is 12.6. The van der Waals surface area contributed by atoms with Gasteiger partial charge in [0.05, 0.1) is 27.8 Å². The van der Waals surface area contributed by atoms with Crippen molar-refractivity contribution in [1.29, 1.82) is 0 Å². The van der Waals surface area contributed by atoms with Crippen molar-refractivity contribution in [1.82, 2.24) is 24.1 Å². The molecule has 3 heterocycles. The molecule has 0 amide bonds. The Morgan fingerprint density at radius 2 is 0.694 bits per heavy atom. The Labute approximate surface area is 356 Å². The summed E-state index contributed by atoms with van der Waals surface area (Å²) in [5.41, 5.74) is 9.57. The first-order valence-electron chi connectivity index (χ1n) is 21.0. The fraction of sp³-hybridized carbons (Fsp3) is 0. The van der Waals surface area contributed by atoms with E-state index in [1.165, 1.54) is 43.3 Å². The fourth-order valence-corrected chi connectivity index (χ4v) is 9.93. The molecule has 13 aromatic rings. The Morgan fingerprint density at radius 3 is 1.29 bits per heavy atom. The van der Waals surface area contributed by atoms with Crippen LogP contribution in [-0.2, 0) is 0 Å². The van der Waals surface area contributed by atoms with Crippen molar-refractivity contribution < 1.29 is 0 Å². The van der Waals surface area contributed by atoms with Crippen LogP contribution in [0.2, 0.25) is 0 Å². The van der Waals surface area contributed by atoms with Gasteiger partial charge in [-0.1, -0.05) is 194 Å². The molecule has 13 rings (SSSR count). The fourth-order valence-electron chi connectivity index (χ4n) is 9.93. The van der Waals surface area contributed by atoms with Crippen LogP contribution in [0, 0.1) is 0 Å². The highest BCUT2D eigenvalue weighted by Crippen LogP contribution is 2.45. The molecule has 0 aliphatic heterocycles. The van der Waals surface area contributed by atoms with Gasteiger partial charge in [0.2, 0.25) is 5.95 Å². The Kier molecular flexibility index (Phi) is 7.54. The Hall–Kier alpha value is -8.41. The summed E-state index contributed by atoms with van der Waals surface area (Å²) < 4.78 is 4.75. The maximum Gasteiger partial charge on any atom is 0.238 e. The molecule has 0 saturated carbocycles. The lowest BCUT2D eigenvalue weighted by atomic mass is 9.89. The summed E-state index contributed by atoms with van der Waals surface area (Å²) >= 11 is 0. The van der Waals surface area contributed by atoms with Crippen LogP contribution in [0.15, 0.2) is 212 Å². The number of aromatic nitrogens is 5. The van der Waals surface area contributed by atoms with Gasteiger partial charge >= 0.3 is 0 Å². The molecule has 288 valence electrons. The second kappa shape index (κ2) is 13.6. The normalized spacial score (nSPS) is 11.9. The lowest BCUT2D eigenvalue weighted by Crippen LogP contribution is -2.07. The second-order valence-electron chi connectivity index (χ2n) is 15.9. The molecule has 0 fully saturated rings. The summed E-state index contributed by atoms with van der Waals surface area (Å²) in [6, 6.07) is 75.7. The number of nitrogens with zero attached hydrogens (tertiary/aromatic N) is 5. The monoisotopic (exact) mass is 789 g/mol. The molecule has 3 aromatic heterocycles. The third kappa shape index (κ3) is 5.06. The summed E-state index contributed by atoms with van der Waals surface area (Å²) in [4.78, 5) is 15.7. The molecule has 0 radical (unpaired) electrons. The number of fused-ring (bicyclic) bond motifs is 13. The van der Waals surface area contributed by atoms with Crippen LogP contribution in [0.3, 0.4) is 0 Å². The molecule has 0 saturated heterocycles. The zero-order chi connectivity index (χ0) is 40.7. The van der Waals surface area contributed by atoms with Crippen LogP contribution in [0.1, 0.15) is 0 Å². The number of para-hydroxylation sites is 3. The lowest BCUT2D eigenvalue weighted by molar-refractivity contribution is 0.953. The van der Waals surface area contributed by atoms with Gasteiger partial charge in [-0.15, -0.1) is 0 Å². The smallest absolute Gasteiger partial charge is 0.238 e. The van der Waals surface area contributed by atoms with Gasteiger partial charge in [0, 0.05) is 38.2 Å². The van der Waals surface area contributed by atoms with Crippen molar-refractivity contribution in [2.45, 2.75) is 0 Å². The van der Waals surface area contributed by atoms with Crippen LogP contribution in [0.4, 0.5) is 0 Å². The van der Waals surface area contributed by atoms with Crippen molar-refractivity contribution in [3.63, 3.8) is 0 Å². The van der Waals surface area contributed by atoms with E-state index in [9.17, 15) is 0 Å². The third-order valence-electron chi connectivity index (χ3n) is 12.6. The molecule has 0 atom stereocenters. The molecule has 0 aliphatic rings. The highest BCUT2D eigenvalue weighted by atomic mass is 15.2. The van der Waals surface area contributed by atoms with Gasteiger partial charge in [0.15, 0.2) is 11.6 Å². The molecule has 10 aromatic carbocycles. The number of rotatable bonds is 5. The number of hydrogen-bond acceptors (Lipinski definition) is 3. The van der Waals surface area contributed by atoms with E-state index in [1.807, 2.05) is 36.4 Å². The van der Waals surface area contributed by atoms with Crippen molar-refractivity contribution >= 4 is 75.9 Å². The maximum atomic E-state index is 5.32. The molecule has 62 heavy (non-hydrogen) atoms. The summed E-state index contributed by atoms with van der Waals surface area (Å²) in [6.07, 6.45) is 0. The van der Waals surface area contributed by atoms with Crippen LogP contribution >= 0.6 is 0 Å².